The molecule has 1 heterocycles. The summed E-state index contributed by atoms with van der Waals surface area (Å²) in [6.07, 6.45) is 4.77. The van der Waals surface area contributed by atoms with E-state index in [9.17, 15) is 12.8 Å². The molecule has 3 rings (SSSR count). The van der Waals surface area contributed by atoms with Gasteiger partial charge in [-0.3, -0.25) is 0 Å². The number of benzene rings is 1. The standard InChI is InChI=1S/C15H16FNO3S/c16-11-5-4-6-12(9-11)21(18,19)10-14-13-7-2-1-3-8-15(13)20-17-14/h4-6,9H,1-3,7-8,10H2. The lowest BCUT2D eigenvalue weighted by atomic mass is 10.1. The van der Waals surface area contributed by atoms with Crippen molar-refractivity contribution in [1.82, 2.24) is 5.16 Å². The maximum Gasteiger partial charge on any atom is 0.184 e. The van der Waals surface area contributed by atoms with Crippen LogP contribution < -0.4 is 0 Å². The molecule has 21 heavy (non-hydrogen) atoms. The van der Waals surface area contributed by atoms with Gasteiger partial charge in [-0.05, 0) is 37.5 Å². The predicted molar refractivity (Wildman–Crippen MR) is 75.1 cm³/mol. The quantitative estimate of drug-likeness (QED) is 0.818. The SMILES string of the molecule is O=S(=O)(Cc1noc2c1CCCCC2)c1cccc(F)c1. The molecule has 112 valence electrons. The molecule has 1 aliphatic rings. The van der Waals surface area contributed by atoms with Crippen LogP contribution in [0.25, 0.3) is 0 Å². The van der Waals surface area contributed by atoms with Gasteiger partial charge in [0.1, 0.15) is 23.0 Å². The summed E-state index contributed by atoms with van der Waals surface area (Å²) in [6.45, 7) is 0. The van der Waals surface area contributed by atoms with Crippen molar-refractivity contribution in [3.63, 3.8) is 0 Å². The molecule has 0 amide bonds. The number of hydrogen-bond donors (Lipinski definition) is 0. The number of fused-ring (bicyclic) bond motifs is 1. The minimum Gasteiger partial charge on any atom is -0.361 e. The van der Waals surface area contributed by atoms with Crippen molar-refractivity contribution in [2.45, 2.75) is 42.8 Å². The molecule has 0 atom stereocenters. The molecule has 4 nitrogen and oxygen atoms in total. The first-order valence-electron chi connectivity index (χ1n) is 7.01. The van der Waals surface area contributed by atoms with E-state index in [0.29, 0.717) is 5.69 Å². The normalized spacial score (nSPS) is 15.5. The molecular weight excluding hydrogens is 293 g/mol. The van der Waals surface area contributed by atoms with Gasteiger partial charge >= 0.3 is 0 Å². The summed E-state index contributed by atoms with van der Waals surface area (Å²) in [5.41, 5.74) is 1.39. The molecule has 0 spiro atoms. The topological polar surface area (TPSA) is 60.2 Å². The van der Waals surface area contributed by atoms with Crippen LogP contribution in [0.15, 0.2) is 33.7 Å². The van der Waals surface area contributed by atoms with Crippen LogP contribution in [0.2, 0.25) is 0 Å². The average molecular weight is 309 g/mol. The van der Waals surface area contributed by atoms with Crippen molar-refractivity contribution in [2.24, 2.45) is 0 Å². The predicted octanol–water partition coefficient (Wildman–Crippen LogP) is 3.06. The van der Waals surface area contributed by atoms with Crippen LogP contribution in [-0.4, -0.2) is 13.6 Å². The maximum atomic E-state index is 13.2. The smallest absolute Gasteiger partial charge is 0.184 e. The molecule has 0 unspecified atom stereocenters. The molecular formula is C15H16FNO3S. The van der Waals surface area contributed by atoms with Gasteiger partial charge in [0.15, 0.2) is 9.84 Å². The molecule has 0 saturated carbocycles. The Balaban J connectivity index is 1.91. The fraction of sp³-hybridized carbons (Fsp3) is 0.400. The second-order valence-corrected chi connectivity index (χ2v) is 7.30. The van der Waals surface area contributed by atoms with Gasteiger partial charge in [-0.15, -0.1) is 0 Å². The number of aryl methyl sites for hydroxylation is 1. The highest BCUT2D eigenvalue weighted by Gasteiger charge is 2.24. The first kappa shape index (κ1) is 14.3. The molecule has 1 aromatic carbocycles. The van der Waals surface area contributed by atoms with Gasteiger partial charge in [0.25, 0.3) is 0 Å². The Morgan fingerprint density at radius 1 is 1.19 bits per heavy atom. The van der Waals surface area contributed by atoms with Gasteiger partial charge in [-0.1, -0.05) is 17.6 Å². The van der Waals surface area contributed by atoms with Crippen molar-refractivity contribution >= 4 is 9.84 Å². The zero-order valence-corrected chi connectivity index (χ0v) is 12.3. The molecule has 6 heteroatoms. The van der Waals surface area contributed by atoms with Crippen LogP contribution in [-0.2, 0) is 28.4 Å². The van der Waals surface area contributed by atoms with Gasteiger partial charge in [-0.2, -0.15) is 0 Å². The third-order valence-corrected chi connectivity index (χ3v) is 5.39. The van der Waals surface area contributed by atoms with Gasteiger partial charge in [-0.25, -0.2) is 12.8 Å². The van der Waals surface area contributed by atoms with Crippen molar-refractivity contribution in [2.75, 3.05) is 0 Å². The fourth-order valence-electron chi connectivity index (χ4n) is 2.66. The number of halogens is 1. The summed E-state index contributed by atoms with van der Waals surface area (Å²) in [6, 6.07) is 5.05. The van der Waals surface area contributed by atoms with Crippen LogP contribution in [0.5, 0.6) is 0 Å². The van der Waals surface area contributed by atoms with E-state index in [0.717, 1.165) is 49.5 Å². The third-order valence-electron chi connectivity index (χ3n) is 3.76. The second-order valence-electron chi connectivity index (χ2n) is 5.31. The zero-order chi connectivity index (χ0) is 14.9. The van der Waals surface area contributed by atoms with E-state index in [1.165, 1.54) is 18.2 Å². The summed E-state index contributed by atoms with van der Waals surface area (Å²) in [7, 11) is -3.61. The van der Waals surface area contributed by atoms with Crippen LogP contribution in [0, 0.1) is 5.82 Å². The van der Waals surface area contributed by atoms with E-state index < -0.39 is 15.7 Å². The van der Waals surface area contributed by atoms with E-state index >= 15 is 0 Å². The first-order chi connectivity index (χ1) is 10.1. The van der Waals surface area contributed by atoms with E-state index in [4.69, 9.17) is 4.52 Å². The molecule has 2 aromatic rings. The lowest BCUT2D eigenvalue weighted by Gasteiger charge is -2.04. The summed E-state index contributed by atoms with van der Waals surface area (Å²) in [5, 5.41) is 3.92. The highest BCUT2D eigenvalue weighted by molar-refractivity contribution is 7.90. The molecule has 0 fully saturated rings. The molecule has 0 saturated heterocycles. The monoisotopic (exact) mass is 309 g/mol. The molecule has 1 aliphatic carbocycles. The van der Waals surface area contributed by atoms with Gasteiger partial charge in [0.2, 0.25) is 0 Å². The van der Waals surface area contributed by atoms with Crippen LogP contribution in [0.3, 0.4) is 0 Å². The highest BCUT2D eigenvalue weighted by atomic mass is 32.2. The average Bonchev–Trinajstić information content (AvgIpc) is 2.68. The van der Waals surface area contributed by atoms with Crippen molar-refractivity contribution in [3.8, 4) is 0 Å². The van der Waals surface area contributed by atoms with E-state index in [-0.39, 0.29) is 10.6 Å². The van der Waals surface area contributed by atoms with Crippen molar-refractivity contribution in [3.05, 3.63) is 47.1 Å². The fourth-order valence-corrected chi connectivity index (χ4v) is 3.99. The van der Waals surface area contributed by atoms with Crippen molar-refractivity contribution in [1.29, 1.82) is 0 Å². The van der Waals surface area contributed by atoms with Gasteiger partial charge < -0.3 is 4.52 Å². The van der Waals surface area contributed by atoms with E-state index in [1.54, 1.807) is 0 Å². The number of nitrogens with zero attached hydrogens (tertiary/aromatic N) is 1. The number of hydrogen-bond acceptors (Lipinski definition) is 4. The Morgan fingerprint density at radius 3 is 2.81 bits per heavy atom. The van der Waals surface area contributed by atoms with E-state index in [1.807, 2.05) is 0 Å². The Kier molecular flexibility index (Phi) is 3.80. The Bertz CT molecular complexity index is 752. The summed E-state index contributed by atoms with van der Waals surface area (Å²) in [5.74, 6) is 0.00180. The summed E-state index contributed by atoms with van der Waals surface area (Å²) in [4.78, 5) is -0.0205. The minimum atomic E-state index is -3.61. The second kappa shape index (κ2) is 5.60. The molecule has 1 aromatic heterocycles. The highest BCUT2D eigenvalue weighted by Crippen LogP contribution is 2.26. The largest absolute Gasteiger partial charge is 0.361 e. The summed E-state index contributed by atoms with van der Waals surface area (Å²) >= 11 is 0. The first-order valence-corrected chi connectivity index (χ1v) is 8.66. The molecule has 0 aliphatic heterocycles. The number of sulfone groups is 1. The maximum absolute atomic E-state index is 13.2. The van der Waals surface area contributed by atoms with Crippen LogP contribution in [0.1, 0.15) is 36.3 Å². The van der Waals surface area contributed by atoms with Crippen LogP contribution in [0.4, 0.5) is 4.39 Å². The molecule has 0 bridgehead atoms. The molecule has 0 radical (unpaired) electrons. The van der Waals surface area contributed by atoms with Gasteiger partial charge in [0.05, 0.1) is 4.90 Å². The Morgan fingerprint density at radius 2 is 2.00 bits per heavy atom. The van der Waals surface area contributed by atoms with Crippen molar-refractivity contribution < 1.29 is 17.3 Å². The lowest BCUT2D eigenvalue weighted by molar-refractivity contribution is 0.376. The van der Waals surface area contributed by atoms with E-state index in [2.05, 4.69) is 5.16 Å². The minimum absolute atomic E-state index is 0.0205. The lowest BCUT2D eigenvalue weighted by Crippen LogP contribution is -2.07. The Hall–Kier alpha value is -1.69. The van der Waals surface area contributed by atoms with Crippen LogP contribution >= 0.6 is 0 Å². The zero-order valence-electron chi connectivity index (χ0n) is 11.5. The molecule has 0 N–H and O–H groups in total. The summed E-state index contributed by atoms with van der Waals surface area (Å²) < 4.78 is 43.2. The number of rotatable bonds is 3. The number of aromatic nitrogens is 1. The van der Waals surface area contributed by atoms with Gasteiger partial charge in [0, 0.05) is 12.0 Å². The third kappa shape index (κ3) is 3.00. The Labute approximate surface area is 122 Å².